The number of amides is 1. The van der Waals surface area contributed by atoms with Crippen molar-refractivity contribution in [2.45, 2.75) is 39.5 Å². The second kappa shape index (κ2) is 11.8. The molecule has 1 amide bonds. The maximum atomic E-state index is 12.2. The largest absolute Gasteiger partial charge is 0.494 e. The van der Waals surface area contributed by atoms with E-state index in [4.69, 9.17) is 9.47 Å². The standard InChI is InChI=1S/C22H30N2O3/c1-3-5-15-26-19-13-11-18(12-14-19)24-22(25)17-23-20-9-7-8-10-21(20)27-16-6-4-2/h7-14,23H,3-6,15-17H2,1-2H3,(H,24,25). The molecule has 146 valence electrons. The van der Waals surface area contributed by atoms with Gasteiger partial charge in [-0.05, 0) is 49.2 Å². The highest BCUT2D eigenvalue weighted by Gasteiger charge is 2.06. The van der Waals surface area contributed by atoms with E-state index in [1.807, 2.05) is 48.5 Å². The van der Waals surface area contributed by atoms with Gasteiger partial charge in [-0.15, -0.1) is 0 Å². The molecule has 0 aliphatic rings. The average Bonchev–Trinajstić information content (AvgIpc) is 2.69. The quantitative estimate of drug-likeness (QED) is 0.511. The first-order valence-electron chi connectivity index (χ1n) is 9.71. The molecule has 5 nitrogen and oxygen atoms in total. The third kappa shape index (κ3) is 7.60. The summed E-state index contributed by atoms with van der Waals surface area (Å²) in [6, 6.07) is 15.1. The zero-order chi connectivity index (χ0) is 19.3. The first-order chi connectivity index (χ1) is 13.2. The van der Waals surface area contributed by atoms with Crippen LogP contribution in [0.15, 0.2) is 48.5 Å². The molecule has 2 aromatic rings. The van der Waals surface area contributed by atoms with Crippen LogP contribution in [0.3, 0.4) is 0 Å². The number of anilines is 2. The number of unbranched alkanes of at least 4 members (excludes halogenated alkanes) is 2. The lowest BCUT2D eigenvalue weighted by molar-refractivity contribution is -0.114. The zero-order valence-electron chi connectivity index (χ0n) is 16.3. The Morgan fingerprint density at radius 2 is 1.56 bits per heavy atom. The molecule has 5 heteroatoms. The van der Waals surface area contributed by atoms with Crippen molar-refractivity contribution in [3.05, 3.63) is 48.5 Å². The van der Waals surface area contributed by atoms with E-state index < -0.39 is 0 Å². The molecule has 0 atom stereocenters. The van der Waals surface area contributed by atoms with E-state index in [2.05, 4.69) is 24.5 Å². The van der Waals surface area contributed by atoms with Crippen LogP contribution in [0.5, 0.6) is 11.5 Å². The van der Waals surface area contributed by atoms with Crippen molar-refractivity contribution in [2.24, 2.45) is 0 Å². The van der Waals surface area contributed by atoms with Crippen molar-refractivity contribution in [3.63, 3.8) is 0 Å². The van der Waals surface area contributed by atoms with E-state index in [0.717, 1.165) is 48.6 Å². The molecule has 2 rings (SSSR count). The summed E-state index contributed by atoms with van der Waals surface area (Å²) >= 11 is 0. The number of nitrogens with one attached hydrogen (secondary N) is 2. The molecule has 0 unspecified atom stereocenters. The molecule has 2 aromatic carbocycles. The Bertz CT molecular complexity index is 686. The average molecular weight is 370 g/mol. The Morgan fingerprint density at radius 3 is 2.26 bits per heavy atom. The molecule has 0 saturated carbocycles. The molecule has 0 saturated heterocycles. The number of para-hydroxylation sites is 2. The molecule has 0 fully saturated rings. The summed E-state index contributed by atoms with van der Waals surface area (Å²) in [6.45, 7) is 5.82. The predicted molar refractivity (Wildman–Crippen MR) is 111 cm³/mol. The summed E-state index contributed by atoms with van der Waals surface area (Å²) < 4.78 is 11.4. The van der Waals surface area contributed by atoms with Gasteiger partial charge in [-0.3, -0.25) is 4.79 Å². The van der Waals surface area contributed by atoms with E-state index in [9.17, 15) is 4.79 Å². The molecule has 0 bridgehead atoms. The van der Waals surface area contributed by atoms with E-state index >= 15 is 0 Å². The van der Waals surface area contributed by atoms with Crippen LogP contribution >= 0.6 is 0 Å². The van der Waals surface area contributed by atoms with Gasteiger partial charge in [0.1, 0.15) is 11.5 Å². The number of benzene rings is 2. The summed E-state index contributed by atoms with van der Waals surface area (Å²) in [5, 5.41) is 6.02. The van der Waals surface area contributed by atoms with Crippen molar-refractivity contribution in [2.75, 3.05) is 30.4 Å². The number of carbonyl (C=O) groups excluding carboxylic acids is 1. The number of carbonyl (C=O) groups is 1. The minimum atomic E-state index is -0.113. The summed E-state index contributed by atoms with van der Waals surface area (Å²) in [4.78, 5) is 12.2. The molecule has 0 aliphatic carbocycles. The van der Waals surface area contributed by atoms with Crippen LogP contribution in [0, 0.1) is 0 Å². The van der Waals surface area contributed by atoms with Crippen molar-refractivity contribution < 1.29 is 14.3 Å². The van der Waals surface area contributed by atoms with Crippen molar-refractivity contribution >= 4 is 17.3 Å². The molecular weight excluding hydrogens is 340 g/mol. The maximum Gasteiger partial charge on any atom is 0.243 e. The van der Waals surface area contributed by atoms with Gasteiger partial charge in [-0.25, -0.2) is 0 Å². The lowest BCUT2D eigenvalue weighted by Crippen LogP contribution is -2.22. The first kappa shape index (κ1) is 20.6. The minimum Gasteiger partial charge on any atom is -0.494 e. The van der Waals surface area contributed by atoms with Gasteiger partial charge >= 0.3 is 0 Å². The van der Waals surface area contributed by atoms with E-state index in [-0.39, 0.29) is 12.5 Å². The zero-order valence-corrected chi connectivity index (χ0v) is 16.3. The Labute approximate surface area is 162 Å². The van der Waals surface area contributed by atoms with Gasteiger partial charge in [-0.2, -0.15) is 0 Å². The minimum absolute atomic E-state index is 0.113. The highest BCUT2D eigenvalue weighted by molar-refractivity contribution is 5.94. The smallest absolute Gasteiger partial charge is 0.243 e. The normalized spacial score (nSPS) is 10.3. The van der Waals surface area contributed by atoms with Gasteiger partial charge in [0.2, 0.25) is 5.91 Å². The Morgan fingerprint density at radius 1 is 0.889 bits per heavy atom. The number of hydrogen-bond acceptors (Lipinski definition) is 4. The third-order valence-corrected chi connectivity index (χ3v) is 3.99. The predicted octanol–water partition coefficient (Wildman–Crippen LogP) is 5.10. The molecule has 0 aromatic heterocycles. The van der Waals surface area contributed by atoms with Crippen LogP contribution in [-0.4, -0.2) is 25.7 Å². The topological polar surface area (TPSA) is 59.6 Å². The van der Waals surface area contributed by atoms with E-state index in [1.54, 1.807) is 0 Å². The van der Waals surface area contributed by atoms with Gasteiger partial charge in [0.05, 0.1) is 25.4 Å². The lowest BCUT2D eigenvalue weighted by Gasteiger charge is -2.13. The summed E-state index contributed by atoms with van der Waals surface area (Å²) in [7, 11) is 0. The van der Waals surface area contributed by atoms with E-state index in [0.29, 0.717) is 13.2 Å². The molecule has 0 aliphatic heterocycles. The van der Waals surface area contributed by atoms with Crippen LogP contribution in [0.25, 0.3) is 0 Å². The number of hydrogen-bond donors (Lipinski definition) is 2. The summed E-state index contributed by atoms with van der Waals surface area (Å²) in [6.07, 6.45) is 4.23. The molecule has 0 spiro atoms. The maximum absolute atomic E-state index is 12.2. The summed E-state index contributed by atoms with van der Waals surface area (Å²) in [5.74, 6) is 1.48. The first-order valence-corrected chi connectivity index (χ1v) is 9.71. The fraction of sp³-hybridized carbons (Fsp3) is 0.409. The molecule has 0 radical (unpaired) electrons. The lowest BCUT2D eigenvalue weighted by atomic mass is 10.2. The van der Waals surface area contributed by atoms with Crippen LogP contribution in [-0.2, 0) is 4.79 Å². The van der Waals surface area contributed by atoms with Gasteiger partial charge in [0.15, 0.2) is 0 Å². The van der Waals surface area contributed by atoms with Crippen LogP contribution in [0.4, 0.5) is 11.4 Å². The van der Waals surface area contributed by atoms with Gasteiger partial charge in [0.25, 0.3) is 0 Å². The fourth-order valence-electron chi connectivity index (χ4n) is 2.41. The van der Waals surface area contributed by atoms with Gasteiger partial charge in [0, 0.05) is 5.69 Å². The van der Waals surface area contributed by atoms with Crippen LogP contribution in [0.2, 0.25) is 0 Å². The van der Waals surface area contributed by atoms with Crippen molar-refractivity contribution in [1.82, 2.24) is 0 Å². The van der Waals surface area contributed by atoms with Crippen molar-refractivity contribution in [3.8, 4) is 11.5 Å². The SMILES string of the molecule is CCCCOc1ccc(NC(=O)CNc2ccccc2OCCCC)cc1. The van der Waals surface area contributed by atoms with E-state index in [1.165, 1.54) is 0 Å². The highest BCUT2D eigenvalue weighted by atomic mass is 16.5. The van der Waals surface area contributed by atoms with Crippen molar-refractivity contribution in [1.29, 1.82) is 0 Å². The second-order valence-corrected chi connectivity index (χ2v) is 6.33. The fourth-order valence-corrected chi connectivity index (χ4v) is 2.41. The Kier molecular flexibility index (Phi) is 9.04. The second-order valence-electron chi connectivity index (χ2n) is 6.33. The summed E-state index contributed by atoms with van der Waals surface area (Å²) in [5.41, 5.74) is 1.57. The number of ether oxygens (including phenoxy) is 2. The van der Waals surface area contributed by atoms with Crippen LogP contribution < -0.4 is 20.1 Å². The Hall–Kier alpha value is -2.69. The molecule has 0 heterocycles. The Balaban J connectivity index is 1.81. The third-order valence-electron chi connectivity index (χ3n) is 3.99. The monoisotopic (exact) mass is 370 g/mol. The van der Waals surface area contributed by atoms with Crippen LogP contribution in [0.1, 0.15) is 39.5 Å². The highest BCUT2D eigenvalue weighted by Crippen LogP contribution is 2.24. The molecule has 2 N–H and O–H groups in total. The number of rotatable bonds is 12. The van der Waals surface area contributed by atoms with Gasteiger partial charge < -0.3 is 20.1 Å². The molecular formula is C22H30N2O3. The van der Waals surface area contributed by atoms with Gasteiger partial charge in [-0.1, -0.05) is 38.8 Å². The molecule has 27 heavy (non-hydrogen) atoms.